The highest BCUT2D eigenvalue weighted by Gasteiger charge is 2.12. The van der Waals surface area contributed by atoms with Gasteiger partial charge in [0.2, 0.25) is 0 Å². The summed E-state index contributed by atoms with van der Waals surface area (Å²) in [5.41, 5.74) is 3.29. The summed E-state index contributed by atoms with van der Waals surface area (Å²) in [6.45, 7) is 4.32. The molecule has 0 fully saturated rings. The predicted molar refractivity (Wildman–Crippen MR) is 73.1 cm³/mol. The number of halogens is 1. The molecule has 0 aliphatic rings. The van der Waals surface area contributed by atoms with E-state index in [0.717, 1.165) is 17.0 Å². The summed E-state index contributed by atoms with van der Waals surface area (Å²) in [6.07, 6.45) is 1.51. The van der Waals surface area contributed by atoms with Gasteiger partial charge in [0.05, 0.1) is 5.69 Å². The fraction of sp³-hybridized carbons (Fsp3) is 0.308. The molecule has 2 rings (SSSR count). The highest BCUT2D eigenvalue weighted by Crippen LogP contribution is 2.12. The summed E-state index contributed by atoms with van der Waals surface area (Å²) in [6, 6.07) is 3.17. The SMILES string of the molecule is Cc1nn(C)c(C)c1CNC(=O)c1cc(Cl)ccn1. The minimum Gasteiger partial charge on any atom is -0.346 e. The van der Waals surface area contributed by atoms with E-state index in [2.05, 4.69) is 15.4 Å². The Hall–Kier alpha value is -1.88. The van der Waals surface area contributed by atoms with Crippen LogP contribution < -0.4 is 5.32 Å². The van der Waals surface area contributed by atoms with Crippen molar-refractivity contribution < 1.29 is 4.79 Å². The average molecular weight is 279 g/mol. The molecule has 100 valence electrons. The first-order chi connectivity index (χ1) is 8.99. The molecule has 0 aromatic carbocycles. The molecular formula is C13H15ClN4O. The number of hydrogen-bond acceptors (Lipinski definition) is 3. The Balaban J connectivity index is 2.09. The average Bonchev–Trinajstić information content (AvgIpc) is 2.61. The van der Waals surface area contributed by atoms with Gasteiger partial charge in [0.15, 0.2) is 0 Å². The molecule has 2 aromatic heterocycles. The summed E-state index contributed by atoms with van der Waals surface area (Å²) in [7, 11) is 1.88. The second kappa shape index (κ2) is 5.40. The fourth-order valence-corrected chi connectivity index (χ4v) is 2.02. The first-order valence-electron chi connectivity index (χ1n) is 5.88. The highest BCUT2D eigenvalue weighted by molar-refractivity contribution is 6.30. The molecule has 5 nitrogen and oxygen atoms in total. The van der Waals surface area contributed by atoms with E-state index in [1.54, 1.807) is 16.8 Å². The van der Waals surface area contributed by atoms with Gasteiger partial charge >= 0.3 is 0 Å². The second-order valence-electron chi connectivity index (χ2n) is 4.31. The summed E-state index contributed by atoms with van der Waals surface area (Å²) in [5.74, 6) is -0.245. The van der Waals surface area contributed by atoms with E-state index in [0.29, 0.717) is 17.3 Å². The molecule has 1 N–H and O–H groups in total. The summed E-state index contributed by atoms with van der Waals surface area (Å²) in [5, 5.41) is 7.62. The van der Waals surface area contributed by atoms with Gasteiger partial charge in [0.1, 0.15) is 5.69 Å². The molecule has 0 bridgehead atoms. The highest BCUT2D eigenvalue weighted by atomic mass is 35.5. The van der Waals surface area contributed by atoms with Crippen molar-refractivity contribution >= 4 is 17.5 Å². The molecular weight excluding hydrogens is 264 g/mol. The van der Waals surface area contributed by atoms with Crippen molar-refractivity contribution in [1.82, 2.24) is 20.1 Å². The summed E-state index contributed by atoms with van der Waals surface area (Å²) < 4.78 is 1.80. The van der Waals surface area contributed by atoms with Crippen molar-refractivity contribution in [3.8, 4) is 0 Å². The van der Waals surface area contributed by atoms with Gasteiger partial charge < -0.3 is 5.32 Å². The molecule has 1 amide bonds. The third-order valence-electron chi connectivity index (χ3n) is 3.04. The maximum Gasteiger partial charge on any atom is 0.270 e. The van der Waals surface area contributed by atoms with E-state index < -0.39 is 0 Å². The Morgan fingerprint density at radius 2 is 2.21 bits per heavy atom. The number of hydrogen-bond donors (Lipinski definition) is 1. The number of nitrogens with one attached hydrogen (secondary N) is 1. The number of pyridine rings is 1. The number of nitrogens with zero attached hydrogens (tertiary/aromatic N) is 3. The fourth-order valence-electron chi connectivity index (χ4n) is 1.86. The van der Waals surface area contributed by atoms with E-state index in [9.17, 15) is 4.79 Å². The maximum atomic E-state index is 11.9. The Labute approximate surface area is 116 Å². The molecule has 19 heavy (non-hydrogen) atoms. The molecule has 0 saturated heterocycles. The van der Waals surface area contributed by atoms with E-state index in [1.165, 1.54) is 6.20 Å². The zero-order valence-corrected chi connectivity index (χ0v) is 11.8. The normalized spacial score (nSPS) is 10.5. The van der Waals surface area contributed by atoms with Crippen LogP contribution in [0.15, 0.2) is 18.3 Å². The van der Waals surface area contributed by atoms with E-state index >= 15 is 0 Å². The molecule has 0 spiro atoms. The number of aryl methyl sites for hydroxylation is 2. The molecule has 2 aromatic rings. The summed E-state index contributed by atoms with van der Waals surface area (Å²) in [4.78, 5) is 15.9. The van der Waals surface area contributed by atoms with Crippen LogP contribution in [-0.4, -0.2) is 20.7 Å². The zero-order valence-electron chi connectivity index (χ0n) is 11.1. The lowest BCUT2D eigenvalue weighted by molar-refractivity contribution is 0.0946. The number of carbonyl (C=O) groups is 1. The smallest absolute Gasteiger partial charge is 0.270 e. The topological polar surface area (TPSA) is 59.8 Å². The maximum absolute atomic E-state index is 11.9. The third kappa shape index (κ3) is 2.93. The van der Waals surface area contributed by atoms with Crippen LogP contribution in [0.3, 0.4) is 0 Å². The van der Waals surface area contributed by atoms with Crippen LogP contribution in [0.1, 0.15) is 27.4 Å². The molecule has 0 radical (unpaired) electrons. The first-order valence-corrected chi connectivity index (χ1v) is 6.25. The standard InChI is InChI=1S/C13H15ClN4O/c1-8-11(9(2)18(3)17-8)7-16-13(19)12-6-10(14)4-5-15-12/h4-6H,7H2,1-3H3,(H,16,19). The quantitative estimate of drug-likeness (QED) is 0.934. The Morgan fingerprint density at radius 1 is 1.47 bits per heavy atom. The number of aromatic nitrogens is 3. The Kier molecular flexibility index (Phi) is 3.85. The minimum atomic E-state index is -0.245. The van der Waals surface area contributed by atoms with E-state index in [-0.39, 0.29) is 5.91 Å². The molecule has 0 aliphatic heterocycles. The van der Waals surface area contributed by atoms with Gasteiger partial charge in [-0.25, -0.2) is 0 Å². The summed E-state index contributed by atoms with van der Waals surface area (Å²) >= 11 is 5.83. The van der Waals surface area contributed by atoms with Crippen molar-refractivity contribution in [2.75, 3.05) is 0 Å². The van der Waals surface area contributed by atoms with E-state index in [4.69, 9.17) is 11.6 Å². The van der Waals surface area contributed by atoms with Crippen molar-refractivity contribution in [3.63, 3.8) is 0 Å². The van der Waals surface area contributed by atoms with Crippen LogP contribution in [-0.2, 0) is 13.6 Å². The van der Waals surface area contributed by atoms with Crippen LogP contribution in [0.2, 0.25) is 5.02 Å². The number of amides is 1. The van der Waals surface area contributed by atoms with Crippen LogP contribution in [0, 0.1) is 13.8 Å². The van der Waals surface area contributed by atoms with Crippen molar-refractivity contribution in [3.05, 3.63) is 46.0 Å². The van der Waals surface area contributed by atoms with Crippen LogP contribution in [0.5, 0.6) is 0 Å². The van der Waals surface area contributed by atoms with Gasteiger partial charge in [-0.1, -0.05) is 11.6 Å². The van der Waals surface area contributed by atoms with Crippen molar-refractivity contribution in [2.24, 2.45) is 7.05 Å². The third-order valence-corrected chi connectivity index (χ3v) is 3.27. The molecule has 0 saturated carbocycles. The molecule has 0 aliphatic carbocycles. The Morgan fingerprint density at radius 3 is 2.79 bits per heavy atom. The van der Waals surface area contributed by atoms with Gasteiger partial charge in [0, 0.05) is 36.1 Å². The van der Waals surface area contributed by atoms with Crippen molar-refractivity contribution in [1.29, 1.82) is 0 Å². The molecule has 0 unspecified atom stereocenters. The predicted octanol–water partition coefficient (Wildman–Crippen LogP) is 2.02. The lowest BCUT2D eigenvalue weighted by Gasteiger charge is -2.05. The number of rotatable bonds is 3. The van der Waals surface area contributed by atoms with Gasteiger partial charge in [-0.3, -0.25) is 14.5 Å². The molecule has 2 heterocycles. The minimum absolute atomic E-state index is 0.245. The van der Waals surface area contributed by atoms with Crippen molar-refractivity contribution in [2.45, 2.75) is 20.4 Å². The van der Waals surface area contributed by atoms with Crippen LogP contribution in [0.4, 0.5) is 0 Å². The molecule has 0 atom stereocenters. The van der Waals surface area contributed by atoms with Gasteiger partial charge in [-0.2, -0.15) is 5.10 Å². The van der Waals surface area contributed by atoms with Gasteiger partial charge in [-0.05, 0) is 26.0 Å². The van der Waals surface area contributed by atoms with Gasteiger partial charge in [0.25, 0.3) is 5.91 Å². The lowest BCUT2D eigenvalue weighted by atomic mass is 10.2. The van der Waals surface area contributed by atoms with Gasteiger partial charge in [-0.15, -0.1) is 0 Å². The molecule has 6 heteroatoms. The van der Waals surface area contributed by atoms with Crippen LogP contribution >= 0.6 is 11.6 Å². The second-order valence-corrected chi connectivity index (χ2v) is 4.75. The largest absolute Gasteiger partial charge is 0.346 e. The van der Waals surface area contributed by atoms with E-state index in [1.807, 2.05) is 20.9 Å². The Bertz CT molecular complexity index is 621. The first kappa shape index (κ1) is 13.5. The lowest BCUT2D eigenvalue weighted by Crippen LogP contribution is -2.24. The zero-order chi connectivity index (χ0) is 14.0. The van der Waals surface area contributed by atoms with Crippen LogP contribution in [0.25, 0.3) is 0 Å². The number of carbonyl (C=O) groups excluding carboxylic acids is 1. The monoisotopic (exact) mass is 278 g/mol.